The third-order valence-electron chi connectivity index (χ3n) is 5.03. The van der Waals surface area contributed by atoms with E-state index >= 15 is 0 Å². The summed E-state index contributed by atoms with van der Waals surface area (Å²) in [6.07, 6.45) is 1.82. The molecule has 2 aromatic rings. The van der Waals surface area contributed by atoms with Crippen LogP contribution >= 0.6 is 23.1 Å². The van der Waals surface area contributed by atoms with Crippen LogP contribution in [-0.4, -0.2) is 54.3 Å². The summed E-state index contributed by atoms with van der Waals surface area (Å²) in [5, 5.41) is 1.93. The van der Waals surface area contributed by atoms with Gasteiger partial charge in [-0.1, -0.05) is 30.0 Å². The Morgan fingerprint density at radius 3 is 2.71 bits per heavy atom. The van der Waals surface area contributed by atoms with Gasteiger partial charge in [0.15, 0.2) is 12.1 Å². The molecule has 0 unspecified atom stereocenters. The lowest BCUT2D eigenvalue weighted by Crippen LogP contribution is -2.37. The second kappa shape index (κ2) is 10.3. The first-order valence-electron chi connectivity index (χ1n) is 10.4. The van der Waals surface area contributed by atoms with Crippen molar-refractivity contribution in [3.63, 3.8) is 0 Å². The first kappa shape index (κ1) is 23.8. The van der Waals surface area contributed by atoms with Crippen molar-refractivity contribution in [1.29, 1.82) is 0 Å². The molecule has 0 saturated carbocycles. The number of aliphatic imine (C=N–C) groups is 1. The van der Waals surface area contributed by atoms with Crippen LogP contribution in [-0.2, 0) is 23.9 Å². The Morgan fingerprint density at radius 2 is 2.00 bits per heavy atom. The molecule has 1 fully saturated rings. The molecule has 3 heterocycles. The summed E-state index contributed by atoms with van der Waals surface area (Å²) in [6.45, 7) is 3.34. The Morgan fingerprint density at radius 1 is 1.21 bits per heavy atom. The van der Waals surface area contributed by atoms with E-state index in [1.807, 2.05) is 23.6 Å². The molecule has 34 heavy (non-hydrogen) atoms. The molecule has 0 aliphatic carbocycles. The maximum absolute atomic E-state index is 13.5. The van der Waals surface area contributed by atoms with Crippen molar-refractivity contribution in [2.24, 2.45) is 4.99 Å². The molecular formula is C24H22N2O6S2. The molecule has 10 heteroatoms. The van der Waals surface area contributed by atoms with E-state index in [1.165, 1.54) is 35.1 Å². The van der Waals surface area contributed by atoms with E-state index in [4.69, 9.17) is 14.2 Å². The standard InChI is InChI=1S/C24H22N2O6S2/c1-4-31-19(27)13-32-17-10-6-5-9-16(17)21-20(23(29)30-3)14(2)25-24-26(21)22(28)18(34-24)12-15-8-7-11-33-15/h5-12,24H,4,13H2,1-3H3/b18-12-/t24-/m0/s1. The van der Waals surface area contributed by atoms with Crippen LogP contribution in [0.25, 0.3) is 11.8 Å². The molecular weight excluding hydrogens is 476 g/mol. The first-order valence-corrected chi connectivity index (χ1v) is 12.2. The largest absolute Gasteiger partial charge is 0.481 e. The number of carbonyl (C=O) groups is 3. The molecule has 0 N–H and O–H groups in total. The SMILES string of the molecule is CCOC(=O)COc1ccccc1C1=C(C(=O)OC)C(C)=N[C@@H]2S/C(=C\c3cccs3)C(=O)N12. The van der Waals surface area contributed by atoms with E-state index in [9.17, 15) is 14.4 Å². The number of fused-ring (bicyclic) bond motifs is 1. The van der Waals surface area contributed by atoms with Gasteiger partial charge in [0.2, 0.25) is 0 Å². The Bertz CT molecular complexity index is 1220. The lowest BCUT2D eigenvalue weighted by molar-refractivity contribution is -0.145. The predicted molar refractivity (Wildman–Crippen MR) is 131 cm³/mol. The van der Waals surface area contributed by atoms with E-state index in [1.54, 1.807) is 38.1 Å². The fraction of sp³-hybridized carbons (Fsp3) is 0.250. The zero-order chi connectivity index (χ0) is 24.2. The zero-order valence-electron chi connectivity index (χ0n) is 18.8. The number of carbonyl (C=O) groups excluding carboxylic acids is 3. The number of hydrogen-bond donors (Lipinski definition) is 0. The second-order valence-corrected chi connectivity index (χ2v) is 9.24. The third kappa shape index (κ3) is 4.64. The Labute approximate surface area is 204 Å². The number of rotatable bonds is 7. The lowest BCUT2D eigenvalue weighted by atomic mass is 9.99. The average molecular weight is 499 g/mol. The number of amides is 1. The van der Waals surface area contributed by atoms with Gasteiger partial charge in [-0.3, -0.25) is 14.7 Å². The van der Waals surface area contributed by atoms with Gasteiger partial charge in [0, 0.05) is 10.4 Å². The molecule has 2 aliphatic rings. The Balaban J connectivity index is 1.81. The number of thioether (sulfide) groups is 1. The van der Waals surface area contributed by atoms with Crippen LogP contribution in [0.4, 0.5) is 0 Å². The van der Waals surface area contributed by atoms with Gasteiger partial charge in [-0.2, -0.15) is 0 Å². The van der Waals surface area contributed by atoms with Crippen LogP contribution in [0.5, 0.6) is 5.75 Å². The minimum Gasteiger partial charge on any atom is -0.481 e. The number of para-hydroxylation sites is 1. The molecule has 0 spiro atoms. The fourth-order valence-electron chi connectivity index (χ4n) is 3.59. The van der Waals surface area contributed by atoms with E-state index in [0.717, 1.165) is 4.88 Å². The van der Waals surface area contributed by atoms with Gasteiger partial charge in [-0.25, -0.2) is 9.59 Å². The van der Waals surface area contributed by atoms with E-state index in [-0.39, 0.29) is 24.7 Å². The van der Waals surface area contributed by atoms with Crippen LogP contribution in [0.1, 0.15) is 24.3 Å². The number of methoxy groups -OCH3 is 1. The van der Waals surface area contributed by atoms with Gasteiger partial charge < -0.3 is 14.2 Å². The van der Waals surface area contributed by atoms with Crippen molar-refractivity contribution >= 4 is 58.4 Å². The molecule has 0 radical (unpaired) electrons. The number of hydrogen-bond acceptors (Lipinski definition) is 9. The molecule has 1 atom stereocenters. The zero-order valence-corrected chi connectivity index (χ0v) is 20.4. The normalized spacial score (nSPS) is 18.6. The van der Waals surface area contributed by atoms with Crippen LogP contribution in [0.3, 0.4) is 0 Å². The van der Waals surface area contributed by atoms with Crippen LogP contribution in [0.2, 0.25) is 0 Å². The van der Waals surface area contributed by atoms with E-state index in [2.05, 4.69) is 4.99 Å². The van der Waals surface area contributed by atoms with Crippen LogP contribution < -0.4 is 4.74 Å². The molecule has 1 saturated heterocycles. The average Bonchev–Trinajstić information content (AvgIpc) is 3.45. The minimum atomic E-state index is -0.622. The molecule has 2 aliphatic heterocycles. The number of thiophene rings is 1. The van der Waals surface area contributed by atoms with Gasteiger partial charge in [-0.15, -0.1) is 11.3 Å². The fourth-order valence-corrected chi connectivity index (χ4v) is 5.46. The maximum atomic E-state index is 13.5. The van der Waals surface area contributed by atoms with Crippen molar-refractivity contribution in [2.75, 3.05) is 20.3 Å². The molecule has 8 nitrogen and oxygen atoms in total. The van der Waals surface area contributed by atoms with E-state index in [0.29, 0.717) is 27.6 Å². The number of nitrogens with zero attached hydrogens (tertiary/aromatic N) is 2. The smallest absolute Gasteiger partial charge is 0.344 e. The highest BCUT2D eigenvalue weighted by atomic mass is 32.2. The van der Waals surface area contributed by atoms with Crippen molar-refractivity contribution in [2.45, 2.75) is 19.3 Å². The van der Waals surface area contributed by atoms with Crippen molar-refractivity contribution in [3.05, 3.63) is 62.7 Å². The minimum absolute atomic E-state index is 0.164. The van der Waals surface area contributed by atoms with Gasteiger partial charge in [0.25, 0.3) is 5.91 Å². The summed E-state index contributed by atoms with van der Waals surface area (Å²) in [6, 6.07) is 10.7. The monoisotopic (exact) mass is 498 g/mol. The quantitative estimate of drug-likeness (QED) is 0.421. The Kier molecular flexibility index (Phi) is 7.18. The first-order chi connectivity index (χ1) is 16.4. The highest BCUT2D eigenvalue weighted by Gasteiger charge is 2.44. The topological polar surface area (TPSA) is 94.5 Å². The van der Waals surface area contributed by atoms with Gasteiger partial charge in [0.1, 0.15) is 11.3 Å². The number of esters is 2. The summed E-state index contributed by atoms with van der Waals surface area (Å²) in [5.74, 6) is -1.10. The Hall–Kier alpha value is -3.37. The summed E-state index contributed by atoms with van der Waals surface area (Å²) < 4.78 is 15.7. The molecule has 4 rings (SSSR count). The second-order valence-electron chi connectivity index (χ2n) is 7.16. The lowest BCUT2D eigenvalue weighted by Gasteiger charge is -2.31. The van der Waals surface area contributed by atoms with E-state index < -0.39 is 17.4 Å². The van der Waals surface area contributed by atoms with Crippen molar-refractivity contribution < 1.29 is 28.6 Å². The predicted octanol–water partition coefficient (Wildman–Crippen LogP) is 3.95. The van der Waals surface area contributed by atoms with Crippen molar-refractivity contribution in [3.8, 4) is 5.75 Å². The molecule has 176 valence electrons. The molecule has 0 bridgehead atoms. The molecule has 1 amide bonds. The van der Waals surface area contributed by atoms with Gasteiger partial charge >= 0.3 is 11.9 Å². The van der Waals surface area contributed by atoms with Gasteiger partial charge in [0.05, 0.1) is 30.0 Å². The summed E-state index contributed by atoms with van der Waals surface area (Å²) >= 11 is 2.83. The third-order valence-corrected chi connectivity index (χ3v) is 6.92. The number of ether oxygens (including phenoxy) is 3. The molecule has 1 aromatic carbocycles. The summed E-state index contributed by atoms with van der Waals surface area (Å²) in [4.78, 5) is 45.8. The summed E-state index contributed by atoms with van der Waals surface area (Å²) in [5.41, 5.74) is 0.826. The van der Waals surface area contributed by atoms with Crippen molar-refractivity contribution in [1.82, 2.24) is 4.90 Å². The number of benzene rings is 1. The summed E-state index contributed by atoms with van der Waals surface area (Å²) in [7, 11) is 1.28. The highest BCUT2D eigenvalue weighted by Crippen LogP contribution is 2.47. The highest BCUT2D eigenvalue weighted by molar-refractivity contribution is 8.05. The van der Waals surface area contributed by atoms with Gasteiger partial charge in [-0.05, 0) is 43.5 Å². The van der Waals surface area contributed by atoms with Crippen LogP contribution in [0, 0.1) is 0 Å². The maximum Gasteiger partial charge on any atom is 0.344 e. The molecule has 1 aromatic heterocycles. The van der Waals surface area contributed by atoms with Crippen LogP contribution in [0.15, 0.2) is 57.2 Å².